The molecule has 2 atom stereocenters. The Hall–Kier alpha value is -2.04. The summed E-state index contributed by atoms with van der Waals surface area (Å²) in [5, 5.41) is 17.4. The van der Waals surface area contributed by atoms with Crippen molar-refractivity contribution in [1.29, 1.82) is 10.5 Å². The highest BCUT2D eigenvalue weighted by Gasteiger charge is 2.44. The van der Waals surface area contributed by atoms with E-state index in [2.05, 4.69) is 0 Å². The SMILES string of the molecule is CCOC(=O)[C@](C#N)(C[C@H](Cl)C#N)c1ccc(C)cc1. The fourth-order valence-corrected chi connectivity index (χ4v) is 2.11. The van der Waals surface area contributed by atoms with Crippen LogP contribution in [0.2, 0.25) is 0 Å². The van der Waals surface area contributed by atoms with Gasteiger partial charge in [-0.1, -0.05) is 29.8 Å². The third kappa shape index (κ3) is 3.29. The van der Waals surface area contributed by atoms with Crippen LogP contribution in [0.5, 0.6) is 0 Å². The van der Waals surface area contributed by atoms with E-state index in [1.165, 1.54) is 0 Å². The summed E-state index contributed by atoms with van der Waals surface area (Å²) in [6.45, 7) is 3.73. The van der Waals surface area contributed by atoms with E-state index >= 15 is 0 Å². The zero-order chi connectivity index (χ0) is 15.2. The number of carbonyl (C=O) groups is 1. The summed E-state index contributed by atoms with van der Waals surface area (Å²) >= 11 is 5.83. The molecule has 1 rings (SSSR count). The first-order valence-electron chi connectivity index (χ1n) is 6.19. The van der Waals surface area contributed by atoms with Crippen molar-refractivity contribution >= 4 is 17.6 Å². The lowest BCUT2D eigenvalue weighted by Gasteiger charge is -2.25. The first kappa shape index (κ1) is 16.0. The Labute approximate surface area is 123 Å². The maximum absolute atomic E-state index is 12.2. The number of halogens is 1. The maximum Gasteiger partial charge on any atom is 0.331 e. The fourth-order valence-electron chi connectivity index (χ4n) is 1.88. The molecule has 0 heterocycles. The number of benzene rings is 1. The summed E-state index contributed by atoms with van der Waals surface area (Å²) in [5.41, 5.74) is -0.0524. The second kappa shape index (κ2) is 6.93. The van der Waals surface area contributed by atoms with Crippen LogP contribution in [0.1, 0.15) is 24.5 Å². The average molecular weight is 291 g/mol. The Bertz CT molecular complexity index is 557. The van der Waals surface area contributed by atoms with E-state index < -0.39 is 16.8 Å². The van der Waals surface area contributed by atoms with E-state index in [4.69, 9.17) is 21.6 Å². The average Bonchev–Trinajstić information content (AvgIpc) is 2.45. The Morgan fingerprint density at radius 3 is 2.45 bits per heavy atom. The van der Waals surface area contributed by atoms with Gasteiger partial charge in [-0.3, -0.25) is 0 Å². The van der Waals surface area contributed by atoms with Crippen molar-refractivity contribution in [1.82, 2.24) is 0 Å². The van der Waals surface area contributed by atoms with Crippen molar-refractivity contribution in [2.24, 2.45) is 0 Å². The van der Waals surface area contributed by atoms with Gasteiger partial charge in [0.05, 0.1) is 18.7 Å². The fraction of sp³-hybridized carbons (Fsp3) is 0.400. The standard InChI is InChI=1S/C15H15ClN2O2/c1-3-20-14(19)15(10-18,8-13(16)9-17)12-6-4-11(2)5-7-12/h4-7,13H,3,8H2,1-2H3/t13-,15-/m0/s1. The van der Waals surface area contributed by atoms with Crippen LogP contribution in [-0.4, -0.2) is 18.0 Å². The number of carbonyl (C=O) groups excluding carboxylic acids is 1. The molecule has 0 amide bonds. The van der Waals surface area contributed by atoms with Gasteiger partial charge >= 0.3 is 5.97 Å². The molecule has 0 aromatic heterocycles. The molecule has 0 N–H and O–H groups in total. The molecule has 0 fully saturated rings. The summed E-state index contributed by atoms with van der Waals surface area (Å²) < 4.78 is 5.00. The second-order valence-corrected chi connectivity index (χ2v) is 4.93. The summed E-state index contributed by atoms with van der Waals surface area (Å²) in [7, 11) is 0. The quantitative estimate of drug-likeness (QED) is 0.617. The third-order valence-corrected chi connectivity index (χ3v) is 3.24. The van der Waals surface area contributed by atoms with Gasteiger partial charge in [-0.15, -0.1) is 11.6 Å². The van der Waals surface area contributed by atoms with E-state index in [-0.39, 0.29) is 13.0 Å². The van der Waals surface area contributed by atoms with Crippen molar-refractivity contribution in [3.05, 3.63) is 35.4 Å². The van der Waals surface area contributed by atoms with Crippen LogP contribution >= 0.6 is 11.6 Å². The van der Waals surface area contributed by atoms with Crippen molar-refractivity contribution in [3.8, 4) is 12.1 Å². The van der Waals surface area contributed by atoms with E-state index in [9.17, 15) is 10.1 Å². The third-order valence-electron chi connectivity index (χ3n) is 2.98. The van der Waals surface area contributed by atoms with Gasteiger partial charge in [0.25, 0.3) is 0 Å². The van der Waals surface area contributed by atoms with E-state index in [1.54, 1.807) is 31.2 Å². The predicted octanol–water partition coefficient (Wildman–Crippen LogP) is 2.84. The number of alkyl halides is 1. The van der Waals surface area contributed by atoms with Crippen LogP contribution in [0.25, 0.3) is 0 Å². The number of nitrogens with zero attached hydrogens (tertiary/aromatic N) is 2. The van der Waals surface area contributed by atoms with E-state index in [1.807, 2.05) is 19.1 Å². The van der Waals surface area contributed by atoms with E-state index in [0.717, 1.165) is 5.56 Å². The molecule has 0 aliphatic carbocycles. The summed E-state index contributed by atoms with van der Waals surface area (Å²) in [6, 6.07) is 10.8. The topological polar surface area (TPSA) is 73.9 Å². The summed E-state index contributed by atoms with van der Waals surface area (Å²) in [5.74, 6) is -0.674. The van der Waals surface area contributed by atoms with Gasteiger partial charge in [0.15, 0.2) is 5.41 Å². The first-order chi connectivity index (χ1) is 9.50. The lowest BCUT2D eigenvalue weighted by Crippen LogP contribution is -2.38. The molecular weight excluding hydrogens is 276 g/mol. The highest BCUT2D eigenvalue weighted by molar-refractivity contribution is 6.22. The van der Waals surface area contributed by atoms with Gasteiger partial charge < -0.3 is 4.74 Å². The molecule has 0 spiro atoms. The second-order valence-electron chi connectivity index (χ2n) is 4.40. The van der Waals surface area contributed by atoms with Crippen molar-refractivity contribution < 1.29 is 9.53 Å². The number of hydrogen-bond acceptors (Lipinski definition) is 4. The van der Waals surface area contributed by atoms with Crippen LogP contribution in [-0.2, 0) is 14.9 Å². The van der Waals surface area contributed by atoms with Gasteiger partial charge in [-0.2, -0.15) is 10.5 Å². The molecule has 104 valence electrons. The molecule has 0 aliphatic rings. The van der Waals surface area contributed by atoms with Gasteiger partial charge in [0, 0.05) is 6.42 Å². The molecule has 1 aromatic carbocycles. The smallest absolute Gasteiger partial charge is 0.331 e. The van der Waals surface area contributed by atoms with Gasteiger partial charge in [-0.05, 0) is 19.4 Å². The number of ether oxygens (including phenoxy) is 1. The predicted molar refractivity (Wildman–Crippen MR) is 75.0 cm³/mol. The van der Waals surface area contributed by atoms with Gasteiger partial charge in [0.1, 0.15) is 5.38 Å². The highest BCUT2D eigenvalue weighted by Crippen LogP contribution is 2.32. The first-order valence-corrected chi connectivity index (χ1v) is 6.63. The Kier molecular flexibility index (Phi) is 5.55. The lowest BCUT2D eigenvalue weighted by atomic mass is 9.77. The molecule has 0 saturated carbocycles. The normalized spacial score (nSPS) is 14.4. The van der Waals surface area contributed by atoms with Crippen LogP contribution in [0.4, 0.5) is 0 Å². The molecule has 4 nitrogen and oxygen atoms in total. The number of aryl methyl sites for hydroxylation is 1. The lowest BCUT2D eigenvalue weighted by molar-refractivity contribution is -0.148. The van der Waals surface area contributed by atoms with Gasteiger partial charge in [-0.25, -0.2) is 4.79 Å². The zero-order valence-corrected chi connectivity index (χ0v) is 12.1. The highest BCUT2D eigenvalue weighted by atomic mass is 35.5. The largest absolute Gasteiger partial charge is 0.465 e. The summed E-state index contributed by atoms with van der Waals surface area (Å²) in [6.07, 6.45) is -0.108. The molecule has 20 heavy (non-hydrogen) atoms. The zero-order valence-electron chi connectivity index (χ0n) is 11.4. The van der Waals surface area contributed by atoms with Crippen molar-refractivity contribution in [2.75, 3.05) is 6.61 Å². The monoisotopic (exact) mass is 290 g/mol. The minimum Gasteiger partial charge on any atom is -0.465 e. The van der Waals surface area contributed by atoms with Crippen molar-refractivity contribution in [3.63, 3.8) is 0 Å². The van der Waals surface area contributed by atoms with E-state index in [0.29, 0.717) is 5.56 Å². The molecule has 0 bridgehead atoms. The number of nitriles is 2. The van der Waals surface area contributed by atoms with Crippen LogP contribution in [0.15, 0.2) is 24.3 Å². The minimum atomic E-state index is -1.55. The van der Waals surface area contributed by atoms with Crippen LogP contribution in [0.3, 0.4) is 0 Å². The van der Waals surface area contributed by atoms with Crippen LogP contribution in [0, 0.1) is 29.6 Å². The molecule has 5 heteroatoms. The molecule has 0 unspecified atom stereocenters. The Balaban J connectivity index is 3.31. The minimum absolute atomic E-state index is 0.108. The number of esters is 1. The summed E-state index contributed by atoms with van der Waals surface area (Å²) in [4.78, 5) is 12.2. The molecule has 0 saturated heterocycles. The number of hydrogen-bond donors (Lipinski definition) is 0. The number of rotatable bonds is 5. The maximum atomic E-state index is 12.2. The molecule has 0 aliphatic heterocycles. The molecule has 0 radical (unpaired) electrons. The molecule has 1 aromatic rings. The Morgan fingerprint density at radius 2 is 2.00 bits per heavy atom. The Morgan fingerprint density at radius 1 is 1.40 bits per heavy atom. The van der Waals surface area contributed by atoms with Crippen LogP contribution < -0.4 is 0 Å². The van der Waals surface area contributed by atoms with Crippen molar-refractivity contribution in [2.45, 2.75) is 31.1 Å². The van der Waals surface area contributed by atoms with Gasteiger partial charge in [0.2, 0.25) is 0 Å². The molecular formula is C15H15ClN2O2.